The van der Waals surface area contributed by atoms with E-state index in [1.807, 2.05) is 18.2 Å². The van der Waals surface area contributed by atoms with Crippen LogP contribution in [-0.4, -0.2) is 26.8 Å². The molecule has 38 heavy (non-hydrogen) atoms. The van der Waals surface area contributed by atoms with E-state index in [0.29, 0.717) is 22.5 Å². The number of aromatic hydroxyl groups is 1. The Kier molecular flexibility index (Phi) is 7.22. The first-order valence-corrected chi connectivity index (χ1v) is 12.8. The molecule has 194 valence electrons. The van der Waals surface area contributed by atoms with Gasteiger partial charge in [-0.05, 0) is 72.9 Å². The van der Waals surface area contributed by atoms with Gasteiger partial charge in [-0.3, -0.25) is 4.79 Å². The van der Waals surface area contributed by atoms with Crippen LogP contribution in [-0.2, 0) is 13.0 Å². The van der Waals surface area contributed by atoms with Crippen molar-refractivity contribution in [3.8, 4) is 17.0 Å². The fraction of sp³-hybridized carbons (Fsp3) is 0.233. The molecule has 7 nitrogen and oxygen atoms in total. The average Bonchev–Trinajstić information content (AvgIpc) is 3.31. The van der Waals surface area contributed by atoms with Crippen molar-refractivity contribution < 1.29 is 19.1 Å². The van der Waals surface area contributed by atoms with Crippen molar-refractivity contribution in [3.05, 3.63) is 101 Å². The summed E-state index contributed by atoms with van der Waals surface area (Å²) < 4.78 is 14.5. The van der Waals surface area contributed by atoms with Gasteiger partial charge in [0.05, 0.1) is 11.4 Å². The lowest BCUT2D eigenvalue weighted by molar-refractivity contribution is 0.102. The summed E-state index contributed by atoms with van der Waals surface area (Å²) in [6, 6.07) is 19.6. The molecule has 0 radical (unpaired) electrons. The van der Waals surface area contributed by atoms with Gasteiger partial charge >= 0.3 is 6.03 Å². The Bertz CT molecular complexity index is 1460. The third kappa shape index (κ3) is 5.44. The van der Waals surface area contributed by atoms with Gasteiger partial charge < -0.3 is 15.7 Å². The average molecular weight is 513 g/mol. The van der Waals surface area contributed by atoms with Gasteiger partial charge in [-0.1, -0.05) is 37.6 Å². The second-order valence-corrected chi connectivity index (χ2v) is 9.52. The highest BCUT2D eigenvalue weighted by Crippen LogP contribution is 2.39. The van der Waals surface area contributed by atoms with Gasteiger partial charge in [-0.2, -0.15) is 9.78 Å². The molecule has 1 fully saturated rings. The molecule has 1 aromatic heterocycles. The molecule has 1 aliphatic carbocycles. The van der Waals surface area contributed by atoms with Crippen LogP contribution < -0.4 is 10.6 Å². The summed E-state index contributed by atoms with van der Waals surface area (Å²) in [5, 5.41) is 21.0. The molecular weight excluding hydrogens is 483 g/mol. The lowest BCUT2D eigenvalue weighted by Crippen LogP contribution is -2.31. The van der Waals surface area contributed by atoms with Crippen molar-refractivity contribution in [1.82, 2.24) is 15.1 Å². The first-order chi connectivity index (χ1) is 18.4. The number of hydrogen-bond donors (Lipinski definition) is 3. The number of anilines is 1. The van der Waals surface area contributed by atoms with Crippen LogP contribution in [0.15, 0.2) is 72.8 Å². The van der Waals surface area contributed by atoms with Gasteiger partial charge in [-0.15, -0.1) is 0 Å². The molecule has 2 amide bonds. The summed E-state index contributed by atoms with van der Waals surface area (Å²) in [6.07, 6.45) is 3.91. The lowest BCUT2D eigenvalue weighted by atomic mass is 9.82. The number of hydrogen-bond acceptors (Lipinski definition) is 4. The van der Waals surface area contributed by atoms with Gasteiger partial charge in [0.15, 0.2) is 0 Å². The molecule has 0 bridgehead atoms. The molecule has 1 heterocycles. The number of carbonyl (C=O) groups excluding carboxylic acids is 2. The van der Waals surface area contributed by atoms with Gasteiger partial charge in [-0.25, -0.2) is 9.18 Å². The van der Waals surface area contributed by atoms with Gasteiger partial charge in [0.2, 0.25) is 0 Å². The maximum atomic E-state index is 13.2. The highest BCUT2D eigenvalue weighted by atomic mass is 19.1. The van der Waals surface area contributed by atoms with Crippen LogP contribution in [0.25, 0.3) is 11.3 Å². The molecule has 4 aromatic rings. The van der Waals surface area contributed by atoms with Crippen molar-refractivity contribution in [2.45, 2.75) is 45.1 Å². The largest absolute Gasteiger partial charge is 0.507 e. The van der Waals surface area contributed by atoms with E-state index in [4.69, 9.17) is 0 Å². The Morgan fingerprint density at radius 3 is 2.34 bits per heavy atom. The second-order valence-electron chi connectivity index (χ2n) is 9.52. The topological polar surface area (TPSA) is 96.3 Å². The number of amides is 2. The molecule has 5 rings (SSSR count). The van der Waals surface area contributed by atoms with E-state index >= 15 is 0 Å². The maximum absolute atomic E-state index is 13.2. The maximum Gasteiger partial charge on any atom is 0.342 e. The minimum absolute atomic E-state index is 0.0549. The number of aryl methyl sites for hydroxylation is 1. The van der Waals surface area contributed by atoms with E-state index in [-0.39, 0.29) is 36.0 Å². The molecular formula is C30H29FN4O3. The molecule has 0 aliphatic heterocycles. The predicted molar refractivity (Wildman–Crippen MR) is 144 cm³/mol. The molecule has 0 spiro atoms. The van der Waals surface area contributed by atoms with E-state index in [2.05, 4.69) is 22.7 Å². The van der Waals surface area contributed by atoms with E-state index in [9.17, 15) is 19.1 Å². The summed E-state index contributed by atoms with van der Waals surface area (Å²) >= 11 is 0. The zero-order valence-electron chi connectivity index (χ0n) is 21.1. The monoisotopic (exact) mass is 512 g/mol. The summed E-state index contributed by atoms with van der Waals surface area (Å²) in [5.74, 6) is -0.442. The van der Waals surface area contributed by atoms with Crippen molar-refractivity contribution in [1.29, 1.82) is 0 Å². The van der Waals surface area contributed by atoms with Crippen molar-refractivity contribution >= 4 is 17.6 Å². The van der Waals surface area contributed by atoms with Crippen LogP contribution in [0.2, 0.25) is 0 Å². The second kappa shape index (κ2) is 10.9. The Balaban J connectivity index is 1.34. The number of phenols is 1. The fourth-order valence-corrected chi connectivity index (χ4v) is 4.46. The SMILES string of the molecule is CCc1ccc(C(=O)Nc2ccc(-c3cc(C4CCC4)n(C(=O)NCc4ccc(F)cc4)n3)c(O)c2)cc1. The van der Waals surface area contributed by atoms with Gasteiger partial charge in [0.25, 0.3) is 5.91 Å². The standard InChI is InChI=1S/C30H29FN4O3/c1-2-19-6-10-22(11-7-19)29(37)33-24-14-15-25(28(36)16-24)26-17-27(21-4-3-5-21)35(34-26)30(38)32-18-20-8-12-23(31)13-9-20/h6-17,21,36H,2-5,18H2,1H3,(H,32,38)(H,33,37). The Morgan fingerprint density at radius 1 is 1.00 bits per heavy atom. The summed E-state index contributed by atoms with van der Waals surface area (Å²) in [6.45, 7) is 2.29. The minimum Gasteiger partial charge on any atom is -0.507 e. The highest BCUT2D eigenvalue weighted by molar-refractivity contribution is 6.04. The van der Waals surface area contributed by atoms with E-state index in [1.165, 1.54) is 22.9 Å². The zero-order chi connectivity index (χ0) is 26.6. The van der Waals surface area contributed by atoms with Crippen LogP contribution in [0.5, 0.6) is 5.75 Å². The number of halogens is 1. The summed E-state index contributed by atoms with van der Waals surface area (Å²) in [4.78, 5) is 25.7. The molecule has 1 aliphatic rings. The normalized spacial score (nSPS) is 13.1. The Labute approximate surface area is 220 Å². The molecule has 8 heteroatoms. The smallest absolute Gasteiger partial charge is 0.342 e. The van der Waals surface area contributed by atoms with Crippen molar-refractivity contribution in [2.75, 3.05) is 5.32 Å². The van der Waals surface area contributed by atoms with Gasteiger partial charge in [0, 0.05) is 35.3 Å². The Hall–Kier alpha value is -4.46. The van der Waals surface area contributed by atoms with Gasteiger partial charge in [0.1, 0.15) is 11.6 Å². The number of phenolic OH excluding ortho intramolecular Hbond substituents is 1. The quantitative estimate of drug-likeness (QED) is 0.273. The molecule has 3 aromatic carbocycles. The van der Waals surface area contributed by atoms with E-state index in [0.717, 1.165) is 42.5 Å². The third-order valence-electron chi connectivity index (χ3n) is 6.97. The zero-order valence-corrected chi connectivity index (χ0v) is 21.1. The molecule has 1 saturated carbocycles. The van der Waals surface area contributed by atoms with Crippen LogP contribution in [0, 0.1) is 5.82 Å². The fourth-order valence-electron chi connectivity index (χ4n) is 4.46. The Morgan fingerprint density at radius 2 is 1.71 bits per heavy atom. The number of nitrogens with one attached hydrogen (secondary N) is 2. The number of aromatic nitrogens is 2. The number of rotatable bonds is 7. The molecule has 0 saturated heterocycles. The van der Waals surface area contributed by atoms with Crippen LogP contribution in [0.3, 0.4) is 0 Å². The lowest BCUT2D eigenvalue weighted by Gasteiger charge is -2.25. The summed E-state index contributed by atoms with van der Waals surface area (Å²) in [7, 11) is 0. The van der Waals surface area contributed by atoms with Crippen molar-refractivity contribution in [2.24, 2.45) is 0 Å². The highest BCUT2D eigenvalue weighted by Gasteiger charge is 2.27. The summed E-state index contributed by atoms with van der Waals surface area (Å²) in [5.41, 5.74) is 4.61. The predicted octanol–water partition coefficient (Wildman–Crippen LogP) is 6.23. The number of benzene rings is 3. The first kappa shape index (κ1) is 25.2. The van der Waals surface area contributed by atoms with Crippen LogP contribution >= 0.6 is 0 Å². The van der Waals surface area contributed by atoms with Crippen LogP contribution in [0.1, 0.15) is 59.3 Å². The molecule has 3 N–H and O–H groups in total. The third-order valence-corrected chi connectivity index (χ3v) is 6.97. The van der Waals surface area contributed by atoms with E-state index in [1.54, 1.807) is 36.4 Å². The number of carbonyl (C=O) groups is 2. The van der Waals surface area contributed by atoms with E-state index < -0.39 is 0 Å². The minimum atomic E-state index is -0.389. The first-order valence-electron chi connectivity index (χ1n) is 12.8. The van der Waals surface area contributed by atoms with Crippen LogP contribution in [0.4, 0.5) is 14.9 Å². The molecule has 0 atom stereocenters. The van der Waals surface area contributed by atoms with Crippen molar-refractivity contribution in [3.63, 3.8) is 0 Å². The number of nitrogens with zero attached hydrogens (tertiary/aromatic N) is 2. The molecule has 0 unspecified atom stereocenters.